The van der Waals surface area contributed by atoms with Crippen molar-refractivity contribution in [3.8, 4) is 11.1 Å². The van der Waals surface area contributed by atoms with Gasteiger partial charge in [0.05, 0.1) is 0 Å². The molecule has 0 unspecified atom stereocenters. The second-order valence-electron chi connectivity index (χ2n) is 6.94. The predicted molar refractivity (Wildman–Crippen MR) is 111 cm³/mol. The fraction of sp³-hybridized carbons (Fsp3) is 0.174. The SMILES string of the molecule is CC(C)CNC(=O)c1cccc(-c2ccc(NC(=O)c3ccccc3)nc2)c1. The minimum atomic E-state index is -0.204. The van der Waals surface area contributed by atoms with Crippen LogP contribution in [0.5, 0.6) is 0 Å². The molecule has 0 radical (unpaired) electrons. The number of nitrogens with zero attached hydrogens (tertiary/aromatic N) is 1. The van der Waals surface area contributed by atoms with E-state index in [-0.39, 0.29) is 11.8 Å². The standard InChI is InChI=1S/C23H23N3O2/c1-16(2)14-25-22(27)19-10-6-9-18(13-19)20-11-12-21(24-15-20)26-23(28)17-7-4-3-5-8-17/h3-13,15-16H,14H2,1-2H3,(H,25,27)(H,24,26,28). The van der Waals surface area contributed by atoms with Gasteiger partial charge in [-0.25, -0.2) is 4.98 Å². The van der Waals surface area contributed by atoms with Crippen molar-refractivity contribution >= 4 is 17.6 Å². The largest absolute Gasteiger partial charge is 0.352 e. The fourth-order valence-electron chi connectivity index (χ4n) is 2.66. The molecule has 0 atom stereocenters. The summed E-state index contributed by atoms with van der Waals surface area (Å²) in [5.41, 5.74) is 2.95. The quantitative estimate of drug-likeness (QED) is 0.673. The van der Waals surface area contributed by atoms with Crippen LogP contribution in [-0.4, -0.2) is 23.3 Å². The fourth-order valence-corrected chi connectivity index (χ4v) is 2.66. The molecule has 0 saturated carbocycles. The van der Waals surface area contributed by atoms with Crippen molar-refractivity contribution in [3.63, 3.8) is 0 Å². The van der Waals surface area contributed by atoms with E-state index in [4.69, 9.17) is 0 Å². The zero-order valence-electron chi connectivity index (χ0n) is 16.0. The number of hydrogen-bond donors (Lipinski definition) is 2. The van der Waals surface area contributed by atoms with Crippen LogP contribution >= 0.6 is 0 Å². The Hall–Kier alpha value is -3.47. The zero-order chi connectivity index (χ0) is 19.9. The molecule has 1 aromatic heterocycles. The van der Waals surface area contributed by atoms with Gasteiger partial charge in [-0.05, 0) is 47.9 Å². The van der Waals surface area contributed by atoms with Gasteiger partial charge in [0.25, 0.3) is 11.8 Å². The first-order valence-corrected chi connectivity index (χ1v) is 9.24. The van der Waals surface area contributed by atoms with E-state index in [0.717, 1.165) is 11.1 Å². The van der Waals surface area contributed by atoms with Crippen LogP contribution in [-0.2, 0) is 0 Å². The summed E-state index contributed by atoms with van der Waals surface area (Å²) >= 11 is 0. The summed E-state index contributed by atoms with van der Waals surface area (Å²) in [6.45, 7) is 4.75. The Morgan fingerprint density at radius 3 is 2.29 bits per heavy atom. The number of benzene rings is 2. The number of nitrogens with one attached hydrogen (secondary N) is 2. The number of rotatable bonds is 6. The van der Waals surface area contributed by atoms with Gasteiger partial charge in [-0.1, -0.05) is 44.2 Å². The lowest BCUT2D eigenvalue weighted by Gasteiger charge is -2.09. The molecule has 2 N–H and O–H groups in total. The molecule has 0 bridgehead atoms. The van der Waals surface area contributed by atoms with Crippen molar-refractivity contribution in [1.82, 2.24) is 10.3 Å². The molecule has 0 spiro atoms. The van der Waals surface area contributed by atoms with Crippen LogP contribution in [0.2, 0.25) is 0 Å². The van der Waals surface area contributed by atoms with Gasteiger partial charge in [-0.3, -0.25) is 9.59 Å². The van der Waals surface area contributed by atoms with Gasteiger partial charge >= 0.3 is 0 Å². The second-order valence-corrected chi connectivity index (χ2v) is 6.94. The molecule has 0 aliphatic carbocycles. The van der Waals surface area contributed by atoms with Gasteiger partial charge in [0, 0.05) is 29.4 Å². The maximum atomic E-state index is 12.3. The summed E-state index contributed by atoms with van der Waals surface area (Å²) in [5, 5.41) is 5.70. The van der Waals surface area contributed by atoms with Gasteiger partial charge in [-0.2, -0.15) is 0 Å². The van der Waals surface area contributed by atoms with Gasteiger partial charge in [0.15, 0.2) is 0 Å². The Labute approximate surface area is 164 Å². The summed E-state index contributed by atoms with van der Waals surface area (Å²) in [6.07, 6.45) is 1.69. The van der Waals surface area contributed by atoms with Crippen LogP contribution in [0.3, 0.4) is 0 Å². The Kier molecular flexibility index (Phi) is 6.17. The van der Waals surface area contributed by atoms with E-state index in [1.165, 1.54) is 0 Å². The van der Waals surface area contributed by atoms with Gasteiger partial charge < -0.3 is 10.6 Å². The first kappa shape index (κ1) is 19.3. The molecule has 5 heteroatoms. The summed E-state index contributed by atoms with van der Waals surface area (Å²) in [4.78, 5) is 28.8. The molecule has 2 aromatic carbocycles. The van der Waals surface area contributed by atoms with Crippen molar-refractivity contribution in [2.75, 3.05) is 11.9 Å². The lowest BCUT2D eigenvalue weighted by atomic mass is 10.0. The Bertz CT molecular complexity index is 951. The molecule has 1 heterocycles. The molecule has 3 aromatic rings. The number of carbonyl (C=O) groups is 2. The highest BCUT2D eigenvalue weighted by molar-refractivity contribution is 6.03. The molecule has 0 fully saturated rings. The van der Waals surface area contributed by atoms with E-state index in [1.54, 1.807) is 30.5 Å². The highest BCUT2D eigenvalue weighted by atomic mass is 16.2. The lowest BCUT2D eigenvalue weighted by molar-refractivity contribution is 0.0948. The lowest BCUT2D eigenvalue weighted by Crippen LogP contribution is -2.27. The average Bonchev–Trinajstić information content (AvgIpc) is 2.73. The van der Waals surface area contributed by atoms with Gasteiger partial charge in [0.1, 0.15) is 5.82 Å². The zero-order valence-corrected chi connectivity index (χ0v) is 16.0. The van der Waals surface area contributed by atoms with Crippen molar-refractivity contribution in [2.24, 2.45) is 5.92 Å². The molecular weight excluding hydrogens is 350 g/mol. The minimum Gasteiger partial charge on any atom is -0.352 e. The molecule has 0 aliphatic heterocycles. The highest BCUT2D eigenvalue weighted by Crippen LogP contribution is 2.21. The first-order valence-electron chi connectivity index (χ1n) is 9.24. The molecule has 28 heavy (non-hydrogen) atoms. The number of anilines is 1. The second kappa shape index (κ2) is 8.95. The molecular formula is C23H23N3O2. The minimum absolute atomic E-state index is 0.0877. The average molecular weight is 373 g/mol. The number of amides is 2. The topological polar surface area (TPSA) is 71.1 Å². The maximum absolute atomic E-state index is 12.3. The summed E-state index contributed by atoms with van der Waals surface area (Å²) in [6, 6.07) is 20.0. The van der Waals surface area contributed by atoms with Crippen LogP contribution in [0.4, 0.5) is 5.82 Å². The smallest absolute Gasteiger partial charge is 0.256 e. The number of carbonyl (C=O) groups excluding carboxylic acids is 2. The Morgan fingerprint density at radius 1 is 0.857 bits per heavy atom. The third-order valence-electron chi connectivity index (χ3n) is 4.17. The molecule has 2 amide bonds. The van der Waals surface area contributed by atoms with Crippen LogP contribution in [0.1, 0.15) is 34.6 Å². The van der Waals surface area contributed by atoms with E-state index in [0.29, 0.717) is 29.4 Å². The van der Waals surface area contributed by atoms with Gasteiger partial charge in [0.2, 0.25) is 0 Å². The van der Waals surface area contributed by atoms with Crippen molar-refractivity contribution in [3.05, 3.63) is 84.1 Å². The number of aromatic nitrogens is 1. The van der Waals surface area contributed by atoms with Crippen LogP contribution in [0.25, 0.3) is 11.1 Å². The number of hydrogen-bond acceptors (Lipinski definition) is 3. The number of pyridine rings is 1. The first-order chi connectivity index (χ1) is 13.5. The van der Waals surface area contributed by atoms with E-state index in [1.807, 2.05) is 42.5 Å². The van der Waals surface area contributed by atoms with Crippen molar-refractivity contribution < 1.29 is 9.59 Å². The molecule has 5 nitrogen and oxygen atoms in total. The van der Waals surface area contributed by atoms with E-state index >= 15 is 0 Å². The van der Waals surface area contributed by atoms with E-state index < -0.39 is 0 Å². The van der Waals surface area contributed by atoms with Crippen molar-refractivity contribution in [2.45, 2.75) is 13.8 Å². The summed E-state index contributed by atoms with van der Waals surface area (Å²) < 4.78 is 0. The van der Waals surface area contributed by atoms with Gasteiger partial charge in [-0.15, -0.1) is 0 Å². The monoisotopic (exact) mass is 373 g/mol. The molecule has 0 saturated heterocycles. The van der Waals surface area contributed by atoms with Crippen LogP contribution < -0.4 is 10.6 Å². The normalized spacial score (nSPS) is 10.5. The van der Waals surface area contributed by atoms with E-state index in [2.05, 4.69) is 29.5 Å². The third kappa shape index (κ3) is 5.04. The Balaban J connectivity index is 1.70. The summed E-state index contributed by atoms with van der Waals surface area (Å²) in [7, 11) is 0. The van der Waals surface area contributed by atoms with E-state index in [9.17, 15) is 9.59 Å². The highest BCUT2D eigenvalue weighted by Gasteiger charge is 2.09. The predicted octanol–water partition coefficient (Wildman–Crippen LogP) is 4.39. The van der Waals surface area contributed by atoms with Crippen LogP contribution in [0, 0.1) is 5.92 Å². The molecule has 0 aliphatic rings. The Morgan fingerprint density at radius 2 is 1.61 bits per heavy atom. The summed E-state index contributed by atoms with van der Waals surface area (Å²) in [5.74, 6) is 0.582. The maximum Gasteiger partial charge on any atom is 0.256 e. The van der Waals surface area contributed by atoms with Crippen LogP contribution in [0.15, 0.2) is 72.9 Å². The van der Waals surface area contributed by atoms with Crippen molar-refractivity contribution in [1.29, 1.82) is 0 Å². The molecule has 3 rings (SSSR count). The third-order valence-corrected chi connectivity index (χ3v) is 4.17. The molecule has 142 valence electrons.